The fourth-order valence-electron chi connectivity index (χ4n) is 1.01. The third kappa shape index (κ3) is 1.01. The fourth-order valence-corrected chi connectivity index (χ4v) is 1.01. The first kappa shape index (κ1) is 7.09. The molecule has 2 rings (SSSR count). The first-order valence-electron chi connectivity index (χ1n) is 3.39. The van der Waals surface area contributed by atoms with Gasteiger partial charge in [0, 0.05) is 6.07 Å². The van der Waals surface area contributed by atoms with E-state index in [-0.39, 0.29) is 0 Å². The van der Waals surface area contributed by atoms with E-state index in [1.807, 2.05) is 0 Å². The van der Waals surface area contributed by atoms with Gasteiger partial charge in [0.25, 0.3) is 0 Å². The number of oxazole rings is 1. The summed E-state index contributed by atoms with van der Waals surface area (Å²) in [5, 5.41) is 0. The zero-order valence-corrected chi connectivity index (χ0v) is 6.37. The molecule has 0 aliphatic heterocycles. The summed E-state index contributed by atoms with van der Waals surface area (Å²) in [5.41, 5.74) is 0.889. The Labute approximate surface area is 67.8 Å². The Morgan fingerprint density at radius 3 is 3.08 bits per heavy atom. The van der Waals surface area contributed by atoms with E-state index >= 15 is 0 Å². The number of aromatic nitrogens is 1. The van der Waals surface area contributed by atoms with Crippen LogP contribution in [0.4, 0.5) is 4.39 Å². The van der Waals surface area contributed by atoms with Gasteiger partial charge < -0.3 is 9.15 Å². The summed E-state index contributed by atoms with van der Waals surface area (Å²) in [4.78, 5) is 3.51. The Morgan fingerprint density at radius 1 is 1.50 bits per heavy atom. The van der Waals surface area contributed by atoms with E-state index in [0.717, 1.165) is 0 Å². The monoisotopic (exact) mass is 167 g/mol. The third-order valence-corrected chi connectivity index (χ3v) is 1.57. The lowest BCUT2D eigenvalue weighted by Gasteiger charge is -1.95. The second-order valence-electron chi connectivity index (χ2n) is 2.30. The van der Waals surface area contributed by atoms with Gasteiger partial charge in [-0.3, -0.25) is 0 Å². The number of rotatable bonds is 1. The minimum absolute atomic E-state index is 0.424. The van der Waals surface area contributed by atoms with Crippen LogP contribution >= 0.6 is 0 Å². The van der Waals surface area contributed by atoms with Crippen molar-refractivity contribution in [3.05, 3.63) is 24.3 Å². The van der Waals surface area contributed by atoms with E-state index in [4.69, 9.17) is 4.74 Å². The fraction of sp³-hybridized carbons (Fsp3) is 0.125. The molecule has 0 N–H and O–H groups in total. The second-order valence-corrected chi connectivity index (χ2v) is 2.30. The maximum Gasteiger partial charge on any atom is 0.382 e. The quantitative estimate of drug-likeness (QED) is 0.651. The van der Waals surface area contributed by atoms with Gasteiger partial charge in [0.1, 0.15) is 11.3 Å². The number of methoxy groups -OCH3 is 1. The number of benzene rings is 1. The Morgan fingerprint density at radius 2 is 2.33 bits per heavy atom. The maximum absolute atomic E-state index is 12.4. The van der Waals surface area contributed by atoms with Crippen LogP contribution in [0.3, 0.4) is 0 Å². The summed E-state index contributed by atoms with van der Waals surface area (Å²) in [6.45, 7) is 0. The molecule has 0 atom stereocenters. The van der Waals surface area contributed by atoms with Crippen LogP contribution in [0, 0.1) is 6.14 Å². The summed E-state index contributed by atoms with van der Waals surface area (Å²) in [6.07, 6.45) is -0.821. The lowest BCUT2D eigenvalue weighted by Crippen LogP contribution is -1.80. The van der Waals surface area contributed by atoms with Crippen LogP contribution in [0.2, 0.25) is 0 Å². The van der Waals surface area contributed by atoms with Gasteiger partial charge in [-0.25, -0.2) is 0 Å². The summed E-state index contributed by atoms with van der Waals surface area (Å²) >= 11 is 0. The Hall–Kier alpha value is -1.58. The van der Waals surface area contributed by atoms with E-state index in [0.29, 0.717) is 16.8 Å². The first-order chi connectivity index (χ1) is 5.79. The predicted octanol–water partition coefficient (Wildman–Crippen LogP) is 1.98. The number of ether oxygens (including phenoxy) is 1. The maximum atomic E-state index is 12.4. The molecule has 0 unspecified atom stereocenters. The van der Waals surface area contributed by atoms with Crippen molar-refractivity contribution in [2.45, 2.75) is 0 Å². The minimum atomic E-state index is -0.821. The molecular formula is C8H6FNO2. The normalized spacial score (nSPS) is 10.5. The largest absolute Gasteiger partial charge is 0.497 e. The molecule has 0 saturated heterocycles. The summed E-state index contributed by atoms with van der Waals surface area (Å²) in [6, 6.07) is 4.92. The molecule has 0 radical (unpaired) electrons. The zero-order valence-electron chi connectivity index (χ0n) is 6.37. The second kappa shape index (κ2) is 2.48. The number of nitrogens with zero attached hydrogens (tertiary/aromatic N) is 1. The van der Waals surface area contributed by atoms with Gasteiger partial charge in [-0.05, 0) is 12.1 Å². The van der Waals surface area contributed by atoms with E-state index in [1.165, 1.54) is 7.11 Å². The number of hydrogen-bond donors (Lipinski definition) is 0. The molecular weight excluding hydrogens is 161 g/mol. The van der Waals surface area contributed by atoms with Crippen molar-refractivity contribution in [3.8, 4) is 5.75 Å². The summed E-state index contributed by atoms with van der Waals surface area (Å²) in [7, 11) is 1.54. The molecule has 62 valence electrons. The van der Waals surface area contributed by atoms with Gasteiger partial charge in [0.2, 0.25) is 0 Å². The van der Waals surface area contributed by atoms with Gasteiger partial charge in [0.15, 0.2) is 5.58 Å². The number of fused-ring (bicyclic) bond motifs is 1. The van der Waals surface area contributed by atoms with Crippen LogP contribution in [-0.4, -0.2) is 12.1 Å². The molecule has 0 amide bonds. The Bertz CT molecular complexity index is 410. The van der Waals surface area contributed by atoms with Crippen molar-refractivity contribution < 1.29 is 13.5 Å². The predicted molar refractivity (Wildman–Crippen MR) is 40.5 cm³/mol. The molecule has 0 bridgehead atoms. The van der Waals surface area contributed by atoms with Crippen LogP contribution < -0.4 is 4.74 Å². The van der Waals surface area contributed by atoms with Crippen molar-refractivity contribution in [1.29, 1.82) is 0 Å². The van der Waals surface area contributed by atoms with Crippen molar-refractivity contribution in [1.82, 2.24) is 4.98 Å². The van der Waals surface area contributed by atoms with E-state index in [2.05, 4.69) is 9.40 Å². The van der Waals surface area contributed by atoms with Crippen LogP contribution in [0.25, 0.3) is 11.1 Å². The molecule has 0 fully saturated rings. The molecule has 1 aromatic heterocycles. The Balaban J connectivity index is 2.66. The highest BCUT2D eigenvalue weighted by Crippen LogP contribution is 2.20. The highest BCUT2D eigenvalue weighted by atomic mass is 19.1. The van der Waals surface area contributed by atoms with Gasteiger partial charge in [-0.15, -0.1) is 4.39 Å². The van der Waals surface area contributed by atoms with Crippen LogP contribution in [0.15, 0.2) is 22.6 Å². The Kier molecular flexibility index (Phi) is 1.46. The smallest absolute Gasteiger partial charge is 0.382 e. The molecule has 1 aromatic carbocycles. The van der Waals surface area contributed by atoms with Crippen molar-refractivity contribution in [2.75, 3.05) is 7.11 Å². The molecule has 0 aliphatic rings. The van der Waals surface area contributed by atoms with Crippen molar-refractivity contribution >= 4 is 11.1 Å². The van der Waals surface area contributed by atoms with Gasteiger partial charge in [-0.2, -0.15) is 4.98 Å². The summed E-state index contributed by atoms with van der Waals surface area (Å²) in [5.74, 6) is 0.635. The van der Waals surface area contributed by atoms with E-state index < -0.39 is 6.14 Å². The summed E-state index contributed by atoms with van der Waals surface area (Å²) < 4.78 is 22.0. The molecule has 2 aromatic rings. The van der Waals surface area contributed by atoms with Gasteiger partial charge in [-0.1, -0.05) is 0 Å². The number of hydrogen-bond acceptors (Lipinski definition) is 3. The molecule has 0 aliphatic carbocycles. The average molecular weight is 167 g/mol. The van der Waals surface area contributed by atoms with Crippen molar-refractivity contribution in [2.24, 2.45) is 0 Å². The van der Waals surface area contributed by atoms with Crippen LogP contribution in [-0.2, 0) is 0 Å². The molecule has 1 heterocycles. The van der Waals surface area contributed by atoms with E-state index in [1.54, 1.807) is 18.2 Å². The lowest BCUT2D eigenvalue weighted by atomic mass is 10.3. The first-order valence-corrected chi connectivity index (χ1v) is 3.39. The molecule has 0 saturated carbocycles. The molecule has 12 heavy (non-hydrogen) atoms. The highest BCUT2D eigenvalue weighted by Gasteiger charge is 2.04. The van der Waals surface area contributed by atoms with Gasteiger partial charge in [0.05, 0.1) is 7.11 Å². The SMILES string of the molecule is COc1ccc2oc(F)nc2c1. The van der Waals surface area contributed by atoms with E-state index in [9.17, 15) is 4.39 Å². The third-order valence-electron chi connectivity index (χ3n) is 1.57. The molecule has 3 nitrogen and oxygen atoms in total. The standard InChI is InChI=1S/C8H6FNO2/c1-11-5-2-3-7-6(4-5)10-8(9)12-7/h2-4H,1H3. The van der Waals surface area contributed by atoms with Crippen molar-refractivity contribution in [3.63, 3.8) is 0 Å². The minimum Gasteiger partial charge on any atom is -0.497 e. The zero-order chi connectivity index (χ0) is 8.55. The number of halogens is 1. The molecule has 0 spiro atoms. The topological polar surface area (TPSA) is 35.3 Å². The highest BCUT2D eigenvalue weighted by molar-refractivity contribution is 5.73. The van der Waals surface area contributed by atoms with Crippen LogP contribution in [0.5, 0.6) is 5.75 Å². The van der Waals surface area contributed by atoms with Gasteiger partial charge >= 0.3 is 6.14 Å². The molecule has 4 heteroatoms. The average Bonchev–Trinajstić information content (AvgIpc) is 2.43. The lowest BCUT2D eigenvalue weighted by molar-refractivity contribution is 0.355. The van der Waals surface area contributed by atoms with Crippen LogP contribution in [0.1, 0.15) is 0 Å².